The normalized spacial score (nSPS) is 9.85. The van der Waals surface area contributed by atoms with Crippen molar-refractivity contribution in [2.24, 2.45) is 16.5 Å². The molecule has 0 atom stereocenters. The average Bonchev–Trinajstić information content (AvgIpc) is 2.26. The smallest absolute Gasteiger partial charge is 0.221 e. The monoisotopic (exact) mass is 337 g/mol. The van der Waals surface area contributed by atoms with Crippen LogP contribution in [0.4, 0.5) is 0 Å². The lowest BCUT2D eigenvalue weighted by Crippen LogP contribution is -2.37. The van der Waals surface area contributed by atoms with Gasteiger partial charge in [0.1, 0.15) is 0 Å². The van der Waals surface area contributed by atoms with E-state index in [0.29, 0.717) is 16.6 Å². The zero-order valence-corrected chi connectivity index (χ0v) is 13.6. The number of benzene rings is 1. The minimum atomic E-state index is -0.141. The summed E-state index contributed by atoms with van der Waals surface area (Å²) in [7, 11) is 0. The lowest BCUT2D eigenvalue weighted by atomic mass is 10.2. The average molecular weight is 339 g/mol. The van der Waals surface area contributed by atoms with Crippen LogP contribution in [0.25, 0.3) is 0 Å². The molecule has 8 heteroatoms. The highest BCUT2D eigenvalue weighted by Gasteiger charge is 2.15. The molecule has 1 aromatic carbocycles. The number of halogens is 3. The van der Waals surface area contributed by atoms with E-state index in [1.807, 2.05) is 19.9 Å². The van der Waals surface area contributed by atoms with Gasteiger partial charge < -0.3 is 16.4 Å². The van der Waals surface area contributed by atoms with E-state index in [2.05, 4.69) is 4.99 Å². The quantitative estimate of drug-likeness (QED) is 0.584. The third kappa shape index (κ3) is 5.45. The van der Waals surface area contributed by atoms with Crippen molar-refractivity contribution >= 4 is 47.5 Å². The molecule has 0 aliphatic heterocycles. The van der Waals surface area contributed by atoms with Crippen LogP contribution in [0.2, 0.25) is 10.0 Å². The summed E-state index contributed by atoms with van der Waals surface area (Å²) in [6.07, 6.45) is 0. The van der Waals surface area contributed by atoms with Crippen molar-refractivity contribution in [3.8, 4) is 0 Å². The number of aliphatic imine (C=N–C) groups is 1. The summed E-state index contributed by atoms with van der Waals surface area (Å²) < 4.78 is 0. The highest BCUT2D eigenvalue weighted by molar-refractivity contribution is 6.35. The topological polar surface area (TPSA) is 91.5 Å². The first-order chi connectivity index (χ1) is 8.81. The molecular weight excluding hydrogens is 321 g/mol. The zero-order valence-electron chi connectivity index (χ0n) is 11.2. The van der Waals surface area contributed by atoms with E-state index in [4.69, 9.17) is 40.1 Å². The van der Waals surface area contributed by atoms with Gasteiger partial charge in [0.05, 0.1) is 0 Å². The van der Waals surface area contributed by atoms with Gasteiger partial charge in [-0.2, -0.15) is 4.99 Å². The fraction of sp³-hybridized carbons (Fsp3) is 0.333. The summed E-state index contributed by atoms with van der Waals surface area (Å²) in [5.41, 5.74) is 11.4. The Balaban J connectivity index is 0.00000361. The van der Waals surface area contributed by atoms with Crippen molar-refractivity contribution in [1.82, 2.24) is 4.90 Å². The Hall–Kier alpha value is -1.17. The Bertz CT molecular complexity index is 498. The van der Waals surface area contributed by atoms with E-state index < -0.39 is 0 Å². The van der Waals surface area contributed by atoms with Crippen molar-refractivity contribution in [3.63, 3.8) is 0 Å². The van der Waals surface area contributed by atoms with Crippen molar-refractivity contribution in [3.05, 3.63) is 33.8 Å². The fourth-order valence-electron chi connectivity index (χ4n) is 1.52. The first-order valence-corrected chi connectivity index (χ1v) is 6.45. The number of hydrogen-bond acceptors (Lipinski definition) is 1. The lowest BCUT2D eigenvalue weighted by molar-refractivity contribution is 0.337. The number of hydrogen-bond donors (Lipinski definition) is 3. The maximum Gasteiger partial charge on any atom is 0.221 e. The second kappa shape index (κ2) is 8.19. The van der Waals surface area contributed by atoms with Crippen LogP contribution in [0.3, 0.4) is 0 Å². The zero-order chi connectivity index (χ0) is 14.6. The SMILES string of the molecule is CC(C)N(Cc1ccc(Cl)cc1Cl)C(=N)N=C(N)N.Cl. The van der Waals surface area contributed by atoms with E-state index in [9.17, 15) is 0 Å². The molecule has 0 radical (unpaired) electrons. The summed E-state index contributed by atoms with van der Waals surface area (Å²) in [5.74, 6) is -0.140. The number of guanidine groups is 2. The molecule has 0 fully saturated rings. The van der Waals surface area contributed by atoms with Gasteiger partial charge >= 0.3 is 0 Å². The molecule has 0 heterocycles. The summed E-state index contributed by atoms with van der Waals surface area (Å²) in [4.78, 5) is 5.49. The summed E-state index contributed by atoms with van der Waals surface area (Å²) in [6, 6.07) is 5.30. The molecule has 0 aliphatic carbocycles. The van der Waals surface area contributed by atoms with Gasteiger partial charge in [0.2, 0.25) is 5.96 Å². The Kier molecular flexibility index (Phi) is 7.71. The molecule has 0 saturated carbocycles. The van der Waals surface area contributed by atoms with E-state index in [1.54, 1.807) is 17.0 Å². The van der Waals surface area contributed by atoms with Crippen LogP contribution in [0, 0.1) is 5.41 Å². The first-order valence-electron chi connectivity index (χ1n) is 5.70. The number of nitrogens with zero attached hydrogens (tertiary/aromatic N) is 2. The van der Waals surface area contributed by atoms with Gasteiger partial charge in [0.25, 0.3) is 0 Å². The molecule has 112 valence electrons. The molecule has 5 nitrogen and oxygen atoms in total. The third-order valence-corrected chi connectivity index (χ3v) is 3.07. The maximum absolute atomic E-state index is 7.88. The van der Waals surface area contributed by atoms with E-state index >= 15 is 0 Å². The van der Waals surface area contributed by atoms with Crippen LogP contribution >= 0.6 is 35.6 Å². The molecule has 0 aliphatic rings. The predicted molar refractivity (Wildman–Crippen MR) is 87.9 cm³/mol. The molecule has 0 bridgehead atoms. The highest BCUT2D eigenvalue weighted by Crippen LogP contribution is 2.23. The molecule has 1 aromatic rings. The van der Waals surface area contributed by atoms with Gasteiger partial charge in [-0.05, 0) is 31.5 Å². The first kappa shape index (κ1) is 18.8. The minimum Gasteiger partial charge on any atom is -0.370 e. The van der Waals surface area contributed by atoms with Gasteiger partial charge in [-0.25, -0.2) is 0 Å². The fourth-order valence-corrected chi connectivity index (χ4v) is 1.99. The van der Waals surface area contributed by atoms with Crippen molar-refractivity contribution < 1.29 is 0 Å². The van der Waals surface area contributed by atoms with Gasteiger partial charge in [0, 0.05) is 22.6 Å². The summed E-state index contributed by atoms with van der Waals surface area (Å²) in [5, 5.41) is 9.00. The van der Waals surface area contributed by atoms with E-state index in [-0.39, 0.29) is 30.4 Å². The van der Waals surface area contributed by atoms with E-state index in [0.717, 1.165) is 5.56 Å². The standard InChI is InChI=1S/C12H17Cl2N5.ClH/c1-7(2)19(12(17)18-11(15)16)6-8-3-4-9(13)5-10(8)14;/h3-5,7H,6H2,1-2H3,(H5,15,16,17,18);1H. The summed E-state index contributed by atoms with van der Waals surface area (Å²) >= 11 is 12.0. The van der Waals surface area contributed by atoms with Crippen LogP contribution in [-0.4, -0.2) is 22.9 Å². The van der Waals surface area contributed by atoms with Gasteiger partial charge in [-0.15, -0.1) is 12.4 Å². The Morgan fingerprint density at radius 1 is 1.35 bits per heavy atom. The third-order valence-electron chi connectivity index (χ3n) is 2.49. The van der Waals surface area contributed by atoms with Crippen LogP contribution in [0.5, 0.6) is 0 Å². The highest BCUT2D eigenvalue weighted by atomic mass is 35.5. The Morgan fingerprint density at radius 2 is 1.95 bits per heavy atom. The van der Waals surface area contributed by atoms with Crippen LogP contribution in [0.1, 0.15) is 19.4 Å². The van der Waals surface area contributed by atoms with Crippen LogP contribution in [0.15, 0.2) is 23.2 Å². The molecule has 0 unspecified atom stereocenters. The number of nitrogens with two attached hydrogens (primary N) is 2. The number of nitrogens with one attached hydrogen (secondary N) is 1. The molecule has 0 saturated heterocycles. The van der Waals surface area contributed by atoms with Gasteiger partial charge in [0.15, 0.2) is 5.96 Å². The Labute approximate surface area is 134 Å². The molecule has 1 rings (SSSR count). The molecule has 0 spiro atoms. The summed E-state index contributed by atoms with van der Waals surface area (Å²) in [6.45, 7) is 4.32. The Morgan fingerprint density at radius 3 is 2.40 bits per heavy atom. The molecule has 5 N–H and O–H groups in total. The van der Waals surface area contributed by atoms with Crippen molar-refractivity contribution in [1.29, 1.82) is 5.41 Å². The van der Waals surface area contributed by atoms with Crippen LogP contribution in [-0.2, 0) is 6.54 Å². The molecular formula is C12H18Cl3N5. The lowest BCUT2D eigenvalue weighted by Gasteiger charge is -2.27. The predicted octanol–water partition coefficient (Wildman–Crippen LogP) is 2.83. The van der Waals surface area contributed by atoms with Gasteiger partial charge in [-0.3, -0.25) is 5.41 Å². The number of rotatable bonds is 3. The van der Waals surface area contributed by atoms with Gasteiger partial charge in [-0.1, -0.05) is 29.3 Å². The largest absolute Gasteiger partial charge is 0.370 e. The molecule has 0 amide bonds. The second-order valence-electron chi connectivity index (χ2n) is 4.32. The van der Waals surface area contributed by atoms with Crippen molar-refractivity contribution in [2.45, 2.75) is 26.4 Å². The molecule has 20 heavy (non-hydrogen) atoms. The van der Waals surface area contributed by atoms with E-state index in [1.165, 1.54) is 0 Å². The maximum atomic E-state index is 7.88. The minimum absolute atomic E-state index is 0. The van der Waals surface area contributed by atoms with Crippen molar-refractivity contribution in [2.75, 3.05) is 0 Å². The molecule has 0 aromatic heterocycles. The van der Waals surface area contributed by atoms with Crippen LogP contribution < -0.4 is 11.5 Å². The second-order valence-corrected chi connectivity index (χ2v) is 5.16.